The topological polar surface area (TPSA) is 61.8 Å². The van der Waals surface area contributed by atoms with E-state index in [1.165, 1.54) is 11.1 Å². The van der Waals surface area contributed by atoms with E-state index in [0.717, 1.165) is 32.7 Å². The molecular weight excluding hydrogens is 232 g/mol. The van der Waals surface area contributed by atoms with E-state index in [9.17, 15) is 4.79 Å². The zero-order valence-electron chi connectivity index (χ0n) is 10.1. The second-order valence-corrected chi connectivity index (χ2v) is 4.83. The number of carbonyl (C=O) groups excluding carboxylic acids is 1. The number of hydrogen-bond acceptors (Lipinski definition) is 4. The molecule has 0 spiro atoms. The van der Waals surface area contributed by atoms with Crippen molar-refractivity contribution >= 4 is 5.91 Å². The molecule has 1 saturated heterocycles. The lowest BCUT2D eigenvalue weighted by atomic mass is 9.92. The molecule has 0 aromatic heterocycles. The number of fused-ring (bicyclic) bond motifs is 2. The van der Waals surface area contributed by atoms with Gasteiger partial charge in [0.1, 0.15) is 0 Å². The Morgan fingerprint density at radius 1 is 1.44 bits per heavy atom. The van der Waals surface area contributed by atoms with Crippen molar-refractivity contribution in [3.63, 3.8) is 0 Å². The van der Waals surface area contributed by atoms with Crippen molar-refractivity contribution < 1.29 is 14.7 Å². The van der Waals surface area contributed by atoms with Gasteiger partial charge >= 0.3 is 0 Å². The van der Waals surface area contributed by atoms with Crippen LogP contribution in [0.3, 0.4) is 0 Å². The summed E-state index contributed by atoms with van der Waals surface area (Å²) >= 11 is 0. The van der Waals surface area contributed by atoms with E-state index in [0.29, 0.717) is 11.6 Å². The lowest BCUT2D eigenvalue weighted by molar-refractivity contribution is -0.0163. The number of rotatable bonds is 1. The number of hydroxylamine groups is 1. The molecule has 2 N–H and O–H groups in total. The van der Waals surface area contributed by atoms with Gasteiger partial charge in [-0.25, -0.2) is 5.48 Å². The van der Waals surface area contributed by atoms with Crippen LogP contribution in [0.1, 0.15) is 21.5 Å². The Hall–Kier alpha value is -1.43. The monoisotopic (exact) mass is 248 g/mol. The summed E-state index contributed by atoms with van der Waals surface area (Å²) < 4.78 is 5.49. The molecule has 5 heteroatoms. The summed E-state index contributed by atoms with van der Waals surface area (Å²) in [6, 6.07) is 6.02. The van der Waals surface area contributed by atoms with Gasteiger partial charge in [-0.15, -0.1) is 0 Å². The van der Waals surface area contributed by atoms with E-state index in [2.05, 4.69) is 4.90 Å². The van der Waals surface area contributed by atoms with Crippen molar-refractivity contribution in [2.24, 2.45) is 0 Å². The Balaban J connectivity index is 1.88. The molecule has 1 unspecified atom stereocenters. The number of amides is 1. The number of nitrogens with zero attached hydrogens (tertiary/aromatic N) is 1. The average Bonchev–Trinajstić information content (AvgIpc) is 2.43. The van der Waals surface area contributed by atoms with Gasteiger partial charge in [-0.2, -0.15) is 0 Å². The van der Waals surface area contributed by atoms with Crippen molar-refractivity contribution in [2.75, 3.05) is 19.8 Å². The quantitative estimate of drug-likeness (QED) is 0.563. The van der Waals surface area contributed by atoms with E-state index < -0.39 is 5.91 Å². The fourth-order valence-corrected chi connectivity index (χ4v) is 2.73. The molecule has 1 aromatic carbocycles. The minimum Gasteiger partial charge on any atom is -0.378 e. The van der Waals surface area contributed by atoms with Gasteiger partial charge in [0.15, 0.2) is 0 Å². The van der Waals surface area contributed by atoms with E-state index >= 15 is 0 Å². The van der Waals surface area contributed by atoms with E-state index in [1.54, 1.807) is 11.5 Å². The normalized spacial score (nSPS) is 23.1. The smallest absolute Gasteiger partial charge is 0.274 e. The molecule has 3 rings (SSSR count). The molecule has 0 aliphatic carbocycles. The van der Waals surface area contributed by atoms with Crippen LogP contribution in [-0.4, -0.2) is 41.8 Å². The van der Waals surface area contributed by atoms with Gasteiger partial charge in [0.05, 0.1) is 13.2 Å². The molecule has 5 nitrogen and oxygen atoms in total. The van der Waals surface area contributed by atoms with Crippen LogP contribution in [0, 0.1) is 0 Å². The lowest BCUT2D eigenvalue weighted by Crippen LogP contribution is -2.48. The first-order chi connectivity index (χ1) is 8.78. The van der Waals surface area contributed by atoms with Crippen LogP contribution in [0.2, 0.25) is 0 Å². The molecule has 96 valence electrons. The van der Waals surface area contributed by atoms with Crippen LogP contribution >= 0.6 is 0 Å². The predicted octanol–water partition coefficient (Wildman–Crippen LogP) is 0.562. The fourth-order valence-electron chi connectivity index (χ4n) is 2.73. The highest BCUT2D eigenvalue weighted by Gasteiger charge is 2.29. The average molecular weight is 248 g/mol. The standard InChI is InChI=1S/C13H16N2O3/c16-13(14-17)9-1-2-10-7-15-3-4-18-8-12(15)6-11(10)5-9/h1-2,5,12,17H,3-4,6-8H2,(H,14,16). The molecule has 2 aliphatic heterocycles. The number of nitrogens with one attached hydrogen (secondary N) is 1. The second-order valence-electron chi connectivity index (χ2n) is 4.83. The molecule has 1 aromatic rings. The van der Waals surface area contributed by atoms with Crippen LogP contribution in [-0.2, 0) is 17.7 Å². The van der Waals surface area contributed by atoms with Crippen molar-refractivity contribution in [1.29, 1.82) is 0 Å². The fraction of sp³-hybridized carbons (Fsp3) is 0.462. The van der Waals surface area contributed by atoms with Crippen LogP contribution in [0.5, 0.6) is 0 Å². The number of benzene rings is 1. The minimum absolute atomic E-state index is 0.415. The number of morpholine rings is 1. The van der Waals surface area contributed by atoms with Gasteiger partial charge < -0.3 is 4.74 Å². The maximum Gasteiger partial charge on any atom is 0.274 e. The zero-order chi connectivity index (χ0) is 12.5. The maximum absolute atomic E-state index is 11.4. The van der Waals surface area contributed by atoms with E-state index in [-0.39, 0.29) is 0 Å². The summed E-state index contributed by atoms with van der Waals surface area (Å²) in [5.41, 5.74) is 4.62. The first kappa shape index (κ1) is 11.6. The van der Waals surface area contributed by atoms with Crippen molar-refractivity contribution in [3.8, 4) is 0 Å². The Morgan fingerprint density at radius 3 is 3.17 bits per heavy atom. The molecule has 2 aliphatic rings. The molecule has 1 fully saturated rings. The largest absolute Gasteiger partial charge is 0.378 e. The Morgan fingerprint density at radius 2 is 2.33 bits per heavy atom. The summed E-state index contributed by atoms with van der Waals surface area (Å²) in [6.07, 6.45) is 0.905. The molecule has 0 bridgehead atoms. The molecule has 2 heterocycles. The molecule has 18 heavy (non-hydrogen) atoms. The van der Waals surface area contributed by atoms with Gasteiger partial charge in [0, 0.05) is 24.7 Å². The number of ether oxygens (including phenoxy) is 1. The number of hydrogen-bond donors (Lipinski definition) is 2. The number of carbonyl (C=O) groups is 1. The predicted molar refractivity (Wildman–Crippen MR) is 64.4 cm³/mol. The summed E-state index contributed by atoms with van der Waals surface area (Å²) in [5, 5.41) is 8.65. The zero-order valence-corrected chi connectivity index (χ0v) is 10.1. The lowest BCUT2D eigenvalue weighted by Gasteiger charge is -2.40. The highest BCUT2D eigenvalue weighted by molar-refractivity contribution is 5.93. The van der Waals surface area contributed by atoms with Crippen molar-refractivity contribution in [2.45, 2.75) is 19.0 Å². The van der Waals surface area contributed by atoms with Gasteiger partial charge in [0.25, 0.3) is 5.91 Å². The van der Waals surface area contributed by atoms with Gasteiger partial charge in [-0.3, -0.25) is 14.9 Å². The summed E-state index contributed by atoms with van der Waals surface area (Å²) in [6.45, 7) is 3.46. The van der Waals surface area contributed by atoms with Crippen LogP contribution in [0.15, 0.2) is 18.2 Å². The summed E-state index contributed by atoms with van der Waals surface area (Å²) in [5.74, 6) is -0.458. The van der Waals surface area contributed by atoms with Crippen molar-refractivity contribution in [1.82, 2.24) is 10.4 Å². The van der Waals surface area contributed by atoms with Gasteiger partial charge in [-0.1, -0.05) is 6.07 Å². The summed E-state index contributed by atoms with van der Waals surface area (Å²) in [7, 11) is 0. The highest BCUT2D eigenvalue weighted by Crippen LogP contribution is 2.26. The highest BCUT2D eigenvalue weighted by atomic mass is 16.5. The third kappa shape index (κ3) is 2.01. The van der Waals surface area contributed by atoms with Crippen LogP contribution in [0.25, 0.3) is 0 Å². The van der Waals surface area contributed by atoms with Crippen LogP contribution < -0.4 is 5.48 Å². The van der Waals surface area contributed by atoms with Gasteiger partial charge in [0.2, 0.25) is 0 Å². The first-order valence-corrected chi connectivity index (χ1v) is 6.16. The molecule has 0 radical (unpaired) electrons. The Kier molecular flexibility index (Phi) is 3.03. The Labute approximate surface area is 105 Å². The third-order valence-electron chi connectivity index (χ3n) is 3.75. The molecule has 1 amide bonds. The van der Waals surface area contributed by atoms with E-state index in [1.807, 2.05) is 12.1 Å². The summed E-state index contributed by atoms with van der Waals surface area (Å²) in [4.78, 5) is 13.8. The SMILES string of the molecule is O=C(NO)c1ccc2c(c1)CC1COCCN1C2. The molecule has 1 atom stereocenters. The van der Waals surface area contributed by atoms with Crippen LogP contribution in [0.4, 0.5) is 0 Å². The minimum atomic E-state index is -0.458. The van der Waals surface area contributed by atoms with Crippen molar-refractivity contribution in [3.05, 3.63) is 34.9 Å². The molecular formula is C13H16N2O3. The Bertz CT molecular complexity index is 475. The first-order valence-electron chi connectivity index (χ1n) is 6.16. The maximum atomic E-state index is 11.4. The molecule has 0 saturated carbocycles. The van der Waals surface area contributed by atoms with E-state index in [4.69, 9.17) is 9.94 Å². The van der Waals surface area contributed by atoms with Gasteiger partial charge in [-0.05, 0) is 29.7 Å². The second kappa shape index (κ2) is 4.68. The third-order valence-corrected chi connectivity index (χ3v) is 3.75.